The molecule has 0 radical (unpaired) electrons. The average molecular weight is 513 g/mol. The Hall–Kier alpha value is -2.00. The van der Waals surface area contributed by atoms with E-state index in [0.717, 1.165) is 23.4 Å². The zero-order valence-corrected chi connectivity index (χ0v) is 20.0. The number of aliphatic imine (C=N–C) groups is 1. The Labute approximate surface area is 191 Å². The molecule has 6 nitrogen and oxygen atoms in total. The Morgan fingerprint density at radius 1 is 0.966 bits per heavy atom. The van der Waals surface area contributed by atoms with Crippen LogP contribution in [-0.2, 0) is 17.9 Å². The number of benzene rings is 2. The summed E-state index contributed by atoms with van der Waals surface area (Å²) in [6.45, 7) is 9.19. The number of ether oxygens (including phenoxy) is 3. The lowest BCUT2D eigenvalue weighted by Crippen LogP contribution is -2.30. The first-order valence-corrected chi connectivity index (χ1v) is 9.72. The summed E-state index contributed by atoms with van der Waals surface area (Å²) in [5, 5.41) is 6.61. The molecule has 0 saturated carbocycles. The van der Waals surface area contributed by atoms with Gasteiger partial charge in [0.1, 0.15) is 0 Å². The molecule has 2 aromatic rings. The standard InChI is InChI=1S/C22H31N3O3.HI/c1-5-23-22(24-15-17-10-8-9-11-18(17)16-27-6-2)25-19-12-13-20(26-4)21(14-19)28-7-3;/h8-14H,5-7,15-16H2,1-4H3,(H2,23,24,25);1H. The van der Waals surface area contributed by atoms with Gasteiger partial charge in [0, 0.05) is 24.9 Å². The van der Waals surface area contributed by atoms with Gasteiger partial charge in [0.05, 0.1) is 26.9 Å². The summed E-state index contributed by atoms with van der Waals surface area (Å²) >= 11 is 0. The fraction of sp³-hybridized carbons (Fsp3) is 0.409. The molecule has 29 heavy (non-hydrogen) atoms. The third kappa shape index (κ3) is 8.10. The first kappa shape index (κ1) is 25.0. The van der Waals surface area contributed by atoms with Crippen molar-refractivity contribution in [3.63, 3.8) is 0 Å². The maximum absolute atomic E-state index is 5.65. The van der Waals surface area contributed by atoms with Gasteiger partial charge in [0.15, 0.2) is 17.5 Å². The second kappa shape index (κ2) is 14.1. The number of rotatable bonds is 10. The smallest absolute Gasteiger partial charge is 0.196 e. The van der Waals surface area contributed by atoms with Crippen molar-refractivity contribution in [3.05, 3.63) is 53.6 Å². The minimum Gasteiger partial charge on any atom is -0.493 e. The molecule has 2 N–H and O–H groups in total. The van der Waals surface area contributed by atoms with Crippen molar-refractivity contribution in [3.8, 4) is 11.5 Å². The van der Waals surface area contributed by atoms with E-state index in [-0.39, 0.29) is 24.0 Å². The first-order chi connectivity index (χ1) is 13.7. The summed E-state index contributed by atoms with van der Waals surface area (Å²) in [5.74, 6) is 2.12. The van der Waals surface area contributed by atoms with Gasteiger partial charge in [0.2, 0.25) is 0 Å². The van der Waals surface area contributed by atoms with E-state index in [2.05, 4.69) is 22.8 Å². The molecule has 0 amide bonds. The maximum Gasteiger partial charge on any atom is 0.196 e. The molecule has 2 rings (SSSR count). The molecule has 2 aromatic carbocycles. The highest BCUT2D eigenvalue weighted by atomic mass is 127. The van der Waals surface area contributed by atoms with Crippen LogP contribution < -0.4 is 20.1 Å². The average Bonchev–Trinajstić information content (AvgIpc) is 2.72. The van der Waals surface area contributed by atoms with Gasteiger partial charge >= 0.3 is 0 Å². The van der Waals surface area contributed by atoms with E-state index in [1.54, 1.807) is 7.11 Å². The molecule has 0 aliphatic rings. The molecule has 0 fully saturated rings. The number of nitrogens with one attached hydrogen (secondary N) is 2. The van der Waals surface area contributed by atoms with Crippen LogP contribution >= 0.6 is 24.0 Å². The number of guanidine groups is 1. The summed E-state index contributed by atoms with van der Waals surface area (Å²) in [5.41, 5.74) is 3.19. The summed E-state index contributed by atoms with van der Waals surface area (Å²) < 4.78 is 16.6. The Balaban J connectivity index is 0.00000420. The van der Waals surface area contributed by atoms with E-state index in [0.29, 0.717) is 43.8 Å². The zero-order valence-electron chi connectivity index (χ0n) is 17.7. The van der Waals surface area contributed by atoms with Crippen molar-refractivity contribution in [2.24, 2.45) is 4.99 Å². The number of halogens is 1. The lowest BCUT2D eigenvalue weighted by Gasteiger charge is -2.15. The van der Waals surface area contributed by atoms with Crippen molar-refractivity contribution in [1.82, 2.24) is 5.32 Å². The molecule has 0 saturated heterocycles. The molecule has 0 aromatic heterocycles. The SMILES string of the molecule is CCNC(=NCc1ccccc1COCC)Nc1ccc(OC)c(OCC)c1.I. The Morgan fingerprint density at radius 2 is 1.72 bits per heavy atom. The van der Waals surface area contributed by atoms with Crippen LogP contribution in [0.5, 0.6) is 11.5 Å². The summed E-state index contributed by atoms with van der Waals surface area (Å²) in [4.78, 5) is 4.73. The predicted octanol–water partition coefficient (Wildman–Crippen LogP) is 4.83. The quantitative estimate of drug-likeness (QED) is 0.271. The fourth-order valence-electron chi connectivity index (χ4n) is 2.70. The number of methoxy groups -OCH3 is 1. The van der Waals surface area contributed by atoms with E-state index in [1.807, 2.05) is 51.1 Å². The minimum atomic E-state index is 0. The molecule has 0 aliphatic heterocycles. The van der Waals surface area contributed by atoms with Crippen molar-refractivity contribution in [1.29, 1.82) is 0 Å². The van der Waals surface area contributed by atoms with Gasteiger partial charge in [-0.2, -0.15) is 0 Å². The second-order valence-corrected chi connectivity index (χ2v) is 6.02. The number of anilines is 1. The van der Waals surface area contributed by atoms with Crippen molar-refractivity contribution in [2.75, 3.05) is 32.2 Å². The second-order valence-electron chi connectivity index (χ2n) is 6.02. The van der Waals surface area contributed by atoms with Crippen molar-refractivity contribution < 1.29 is 14.2 Å². The third-order valence-corrected chi connectivity index (χ3v) is 4.06. The van der Waals surface area contributed by atoms with Crippen LogP contribution in [0.15, 0.2) is 47.5 Å². The third-order valence-electron chi connectivity index (χ3n) is 4.06. The maximum atomic E-state index is 5.65. The highest BCUT2D eigenvalue weighted by Crippen LogP contribution is 2.30. The van der Waals surface area contributed by atoms with Gasteiger partial charge in [-0.25, -0.2) is 4.99 Å². The van der Waals surface area contributed by atoms with Gasteiger partial charge in [-0.05, 0) is 44.0 Å². The van der Waals surface area contributed by atoms with Crippen LogP contribution in [0.25, 0.3) is 0 Å². The van der Waals surface area contributed by atoms with Crippen LogP contribution in [0.3, 0.4) is 0 Å². The van der Waals surface area contributed by atoms with E-state index in [9.17, 15) is 0 Å². The zero-order chi connectivity index (χ0) is 20.2. The van der Waals surface area contributed by atoms with E-state index < -0.39 is 0 Å². The monoisotopic (exact) mass is 513 g/mol. The molecule has 0 unspecified atom stereocenters. The van der Waals surface area contributed by atoms with Gasteiger partial charge in [-0.1, -0.05) is 24.3 Å². The van der Waals surface area contributed by atoms with Crippen LogP contribution in [0.1, 0.15) is 31.9 Å². The van der Waals surface area contributed by atoms with Crippen LogP contribution in [-0.4, -0.2) is 32.8 Å². The topological polar surface area (TPSA) is 64.1 Å². The van der Waals surface area contributed by atoms with E-state index in [4.69, 9.17) is 19.2 Å². The number of nitrogens with zero attached hydrogens (tertiary/aromatic N) is 1. The minimum absolute atomic E-state index is 0. The molecular formula is C22H32IN3O3. The molecule has 7 heteroatoms. The van der Waals surface area contributed by atoms with Gasteiger partial charge < -0.3 is 24.8 Å². The van der Waals surface area contributed by atoms with Crippen molar-refractivity contribution >= 4 is 35.6 Å². The van der Waals surface area contributed by atoms with Crippen LogP contribution in [0.4, 0.5) is 5.69 Å². The summed E-state index contributed by atoms with van der Waals surface area (Å²) in [7, 11) is 1.64. The van der Waals surface area contributed by atoms with Crippen LogP contribution in [0, 0.1) is 0 Å². The fourth-order valence-corrected chi connectivity index (χ4v) is 2.70. The lowest BCUT2D eigenvalue weighted by atomic mass is 10.1. The number of hydrogen-bond acceptors (Lipinski definition) is 4. The predicted molar refractivity (Wildman–Crippen MR) is 130 cm³/mol. The molecule has 0 aliphatic carbocycles. The molecule has 0 heterocycles. The normalized spacial score (nSPS) is 10.8. The number of hydrogen-bond donors (Lipinski definition) is 2. The van der Waals surface area contributed by atoms with Crippen molar-refractivity contribution in [2.45, 2.75) is 33.9 Å². The lowest BCUT2D eigenvalue weighted by molar-refractivity contribution is 0.133. The van der Waals surface area contributed by atoms with E-state index in [1.165, 1.54) is 0 Å². The molecule has 0 spiro atoms. The first-order valence-electron chi connectivity index (χ1n) is 9.72. The van der Waals surface area contributed by atoms with Gasteiger partial charge in [0.25, 0.3) is 0 Å². The van der Waals surface area contributed by atoms with Gasteiger partial charge in [-0.15, -0.1) is 24.0 Å². The molecule has 0 bridgehead atoms. The summed E-state index contributed by atoms with van der Waals surface area (Å²) in [6.07, 6.45) is 0. The highest BCUT2D eigenvalue weighted by Gasteiger charge is 2.08. The molecular weight excluding hydrogens is 481 g/mol. The molecule has 160 valence electrons. The Bertz CT molecular complexity index is 769. The largest absolute Gasteiger partial charge is 0.493 e. The Morgan fingerprint density at radius 3 is 2.38 bits per heavy atom. The van der Waals surface area contributed by atoms with Gasteiger partial charge in [-0.3, -0.25) is 0 Å². The Kier molecular flexibility index (Phi) is 12.1. The molecule has 0 atom stereocenters. The van der Waals surface area contributed by atoms with E-state index >= 15 is 0 Å². The highest BCUT2D eigenvalue weighted by molar-refractivity contribution is 14.0. The van der Waals surface area contributed by atoms with Crippen LogP contribution in [0.2, 0.25) is 0 Å². The summed E-state index contributed by atoms with van der Waals surface area (Å²) in [6, 6.07) is 14.0.